The Morgan fingerprint density at radius 1 is 1.10 bits per heavy atom. The van der Waals surface area contributed by atoms with Crippen molar-refractivity contribution in [2.45, 2.75) is 38.9 Å². The van der Waals surface area contributed by atoms with E-state index >= 15 is 0 Å². The SMILES string of the molecule is CC1CN(S(=O)(=O)N2CCC(C(N)=O)CC2)CC(C)O1. The molecule has 0 saturated carbocycles. The van der Waals surface area contributed by atoms with E-state index < -0.39 is 10.2 Å². The molecule has 0 aromatic rings. The molecule has 2 heterocycles. The fourth-order valence-corrected chi connectivity index (χ4v) is 4.65. The maximum absolute atomic E-state index is 12.6. The topological polar surface area (TPSA) is 92.9 Å². The summed E-state index contributed by atoms with van der Waals surface area (Å²) in [5.74, 6) is -0.542. The predicted octanol–water partition coefficient (Wildman–Crippen LogP) is -0.462. The molecule has 2 N–H and O–H groups in total. The number of morpholine rings is 1. The van der Waals surface area contributed by atoms with Crippen molar-refractivity contribution in [1.29, 1.82) is 0 Å². The Kier molecular flexibility index (Phi) is 4.68. The van der Waals surface area contributed by atoms with Gasteiger partial charge in [-0.15, -0.1) is 0 Å². The standard InChI is InChI=1S/C12H23N3O4S/c1-9-7-15(8-10(2)19-9)20(17,18)14-5-3-11(4-6-14)12(13)16/h9-11H,3-8H2,1-2H3,(H2,13,16). The molecule has 1 amide bonds. The van der Waals surface area contributed by atoms with E-state index in [-0.39, 0.29) is 24.0 Å². The third-order valence-corrected chi connectivity index (χ3v) is 5.86. The lowest BCUT2D eigenvalue weighted by Crippen LogP contribution is -2.54. The quantitative estimate of drug-likeness (QED) is 0.763. The molecule has 0 spiro atoms. The van der Waals surface area contributed by atoms with Gasteiger partial charge in [0.05, 0.1) is 12.2 Å². The maximum atomic E-state index is 12.6. The lowest BCUT2D eigenvalue weighted by atomic mass is 9.98. The van der Waals surface area contributed by atoms with Crippen LogP contribution in [0.3, 0.4) is 0 Å². The Hall–Kier alpha value is -0.700. The van der Waals surface area contributed by atoms with Gasteiger partial charge in [0.2, 0.25) is 5.91 Å². The van der Waals surface area contributed by atoms with Crippen LogP contribution in [0.25, 0.3) is 0 Å². The molecule has 116 valence electrons. The Bertz CT molecular complexity index is 449. The first kappa shape index (κ1) is 15.7. The van der Waals surface area contributed by atoms with Crippen LogP contribution in [0.5, 0.6) is 0 Å². The van der Waals surface area contributed by atoms with Crippen molar-refractivity contribution in [3.05, 3.63) is 0 Å². The van der Waals surface area contributed by atoms with Crippen molar-refractivity contribution in [1.82, 2.24) is 8.61 Å². The van der Waals surface area contributed by atoms with Crippen LogP contribution in [-0.4, -0.2) is 61.3 Å². The molecule has 8 heteroatoms. The second-order valence-corrected chi connectivity index (χ2v) is 7.59. The van der Waals surface area contributed by atoms with Crippen molar-refractivity contribution in [2.75, 3.05) is 26.2 Å². The molecule has 2 fully saturated rings. The van der Waals surface area contributed by atoms with Crippen LogP contribution in [0.2, 0.25) is 0 Å². The highest BCUT2D eigenvalue weighted by Gasteiger charge is 2.37. The van der Waals surface area contributed by atoms with E-state index in [0.29, 0.717) is 39.0 Å². The molecule has 2 unspecified atom stereocenters. The number of hydrogen-bond donors (Lipinski definition) is 1. The van der Waals surface area contributed by atoms with Crippen LogP contribution in [0.15, 0.2) is 0 Å². The minimum atomic E-state index is -3.47. The van der Waals surface area contributed by atoms with Crippen molar-refractivity contribution in [2.24, 2.45) is 11.7 Å². The average Bonchev–Trinajstić information content (AvgIpc) is 2.37. The summed E-state index contributed by atoms with van der Waals surface area (Å²) in [7, 11) is -3.47. The predicted molar refractivity (Wildman–Crippen MR) is 74.0 cm³/mol. The van der Waals surface area contributed by atoms with Crippen molar-refractivity contribution in [3.8, 4) is 0 Å². The molecule has 0 radical (unpaired) electrons. The van der Waals surface area contributed by atoms with Crippen LogP contribution in [-0.2, 0) is 19.7 Å². The Morgan fingerprint density at radius 3 is 2.05 bits per heavy atom. The number of carbonyl (C=O) groups is 1. The van der Waals surface area contributed by atoms with Crippen molar-refractivity contribution < 1.29 is 17.9 Å². The first-order valence-corrected chi connectivity index (χ1v) is 8.40. The summed E-state index contributed by atoms with van der Waals surface area (Å²) in [5, 5.41) is 0. The monoisotopic (exact) mass is 305 g/mol. The maximum Gasteiger partial charge on any atom is 0.282 e. The zero-order valence-electron chi connectivity index (χ0n) is 12.0. The smallest absolute Gasteiger partial charge is 0.282 e. The molecule has 0 aromatic carbocycles. The fourth-order valence-electron chi connectivity index (χ4n) is 2.85. The van der Waals surface area contributed by atoms with Gasteiger partial charge >= 0.3 is 0 Å². The first-order valence-electron chi connectivity index (χ1n) is 7.00. The van der Waals surface area contributed by atoms with E-state index in [2.05, 4.69) is 0 Å². The number of amides is 1. The van der Waals surface area contributed by atoms with Crippen LogP contribution >= 0.6 is 0 Å². The van der Waals surface area contributed by atoms with Gasteiger partial charge < -0.3 is 10.5 Å². The first-order chi connectivity index (χ1) is 9.30. The summed E-state index contributed by atoms with van der Waals surface area (Å²) < 4.78 is 33.7. The molecule has 2 atom stereocenters. The van der Waals surface area contributed by atoms with Crippen LogP contribution in [0.1, 0.15) is 26.7 Å². The van der Waals surface area contributed by atoms with Gasteiger partial charge in [-0.25, -0.2) is 0 Å². The molecule has 7 nitrogen and oxygen atoms in total. The lowest BCUT2D eigenvalue weighted by Gasteiger charge is -2.39. The zero-order chi connectivity index (χ0) is 14.9. The Labute approximate surface area is 120 Å². The molecule has 2 rings (SSSR count). The number of primary amides is 1. The Balaban J connectivity index is 2.02. The molecular formula is C12H23N3O4S. The summed E-state index contributed by atoms with van der Waals surface area (Å²) in [5.41, 5.74) is 5.27. The van der Waals surface area contributed by atoms with Crippen molar-refractivity contribution >= 4 is 16.1 Å². The molecule has 0 bridgehead atoms. The zero-order valence-corrected chi connectivity index (χ0v) is 12.8. The number of nitrogens with zero attached hydrogens (tertiary/aromatic N) is 2. The van der Waals surface area contributed by atoms with Crippen LogP contribution < -0.4 is 5.73 Å². The number of piperidine rings is 1. The van der Waals surface area contributed by atoms with Crippen LogP contribution in [0, 0.1) is 5.92 Å². The van der Waals surface area contributed by atoms with Gasteiger partial charge in [-0.05, 0) is 26.7 Å². The van der Waals surface area contributed by atoms with Gasteiger partial charge in [0, 0.05) is 32.1 Å². The number of ether oxygens (including phenoxy) is 1. The van der Waals surface area contributed by atoms with E-state index in [1.807, 2.05) is 13.8 Å². The van der Waals surface area contributed by atoms with Gasteiger partial charge in [0.25, 0.3) is 10.2 Å². The van der Waals surface area contributed by atoms with Gasteiger partial charge in [0.1, 0.15) is 0 Å². The van der Waals surface area contributed by atoms with E-state index in [1.54, 1.807) is 0 Å². The van der Waals surface area contributed by atoms with Gasteiger partial charge in [-0.3, -0.25) is 4.79 Å². The van der Waals surface area contributed by atoms with Crippen molar-refractivity contribution in [3.63, 3.8) is 0 Å². The molecule has 0 aliphatic carbocycles. The molecule has 2 saturated heterocycles. The van der Waals surface area contributed by atoms with E-state index in [9.17, 15) is 13.2 Å². The summed E-state index contributed by atoms with van der Waals surface area (Å²) >= 11 is 0. The summed E-state index contributed by atoms with van der Waals surface area (Å²) in [6, 6.07) is 0. The van der Waals surface area contributed by atoms with E-state index in [4.69, 9.17) is 10.5 Å². The van der Waals surface area contributed by atoms with Gasteiger partial charge in [0.15, 0.2) is 0 Å². The average molecular weight is 305 g/mol. The number of nitrogens with two attached hydrogens (primary N) is 1. The number of carbonyl (C=O) groups excluding carboxylic acids is 1. The summed E-state index contributed by atoms with van der Waals surface area (Å²) in [4.78, 5) is 11.1. The van der Waals surface area contributed by atoms with Gasteiger partial charge in [-0.2, -0.15) is 17.0 Å². The third-order valence-electron chi connectivity index (χ3n) is 3.89. The normalized spacial score (nSPS) is 31.3. The van der Waals surface area contributed by atoms with Crippen LogP contribution in [0.4, 0.5) is 0 Å². The molecule has 2 aliphatic heterocycles. The van der Waals surface area contributed by atoms with E-state index in [1.165, 1.54) is 8.61 Å². The third kappa shape index (κ3) is 3.30. The second kappa shape index (κ2) is 5.97. The molecule has 0 aromatic heterocycles. The Morgan fingerprint density at radius 2 is 1.60 bits per heavy atom. The largest absolute Gasteiger partial charge is 0.373 e. The minimum absolute atomic E-state index is 0.100. The fraction of sp³-hybridized carbons (Fsp3) is 0.917. The minimum Gasteiger partial charge on any atom is -0.373 e. The lowest BCUT2D eigenvalue weighted by molar-refractivity contribution is -0.122. The highest BCUT2D eigenvalue weighted by atomic mass is 32.2. The second-order valence-electron chi connectivity index (χ2n) is 5.66. The molecule has 2 aliphatic rings. The molecular weight excluding hydrogens is 282 g/mol. The van der Waals surface area contributed by atoms with Gasteiger partial charge in [-0.1, -0.05) is 0 Å². The molecule has 20 heavy (non-hydrogen) atoms. The number of hydrogen-bond acceptors (Lipinski definition) is 4. The summed E-state index contributed by atoms with van der Waals surface area (Å²) in [6.45, 7) is 5.21. The highest BCUT2D eigenvalue weighted by Crippen LogP contribution is 2.23. The summed E-state index contributed by atoms with van der Waals surface area (Å²) in [6.07, 6.45) is 0.807. The number of rotatable bonds is 3. The highest BCUT2D eigenvalue weighted by molar-refractivity contribution is 7.86. The van der Waals surface area contributed by atoms with E-state index in [0.717, 1.165) is 0 Å².